The maximum absolute atomic E-state index is 2.48. The second kappa shape index (κ2) is 13.2. The van der Waals surface area contributed by atoms with Crippen LogP contribution in [0.1, 0.15) is 0 Å². The minimum Gasteiger partial charge on any atom is -0.308 e. The van der Waals surface area contributed by atoms with Crippen molar-refractivity contribution in [3.63, 3.8) is 0 Å². The second-order valence-electron chi connectivity index (χ2n) is 14.6. The zero-order chi connectivity index (χ0) is 37.0. The van der Waals surface area contributed by atoms with E-state index < -0.39 is 0 Å². The van der Waals surface area contributed by atoms with Crippen molar-refractivity contribution in [2.75, 3.05) is 0 Å². The Morgan fingerprint density at radius 2 is 0.607 bits per heavy atom. The molecule has 0 N–H and O–H groups in total. The number of para-hydroxylation sites is 5. The predicted octanol–water partition coefficient (Wildman–Crippen LogP) is 14.6. The van der Waals surface area contributed by atoms with Crippen molar-refractivity contribution in [3.8, 4) is 50.2 Å². The Labute approximate surface area is 325 Å². The van der Waals surface area contributed by atoms with Gasteiger partial charge in [-0.2, -0.15) is 0 Å². The summed E-state index contributed by atoms with van der Waals surface area (Å²) >= 11 is 0. The number of benzene rings is 9. The van der Waals surface area contributed by atoms with Crippen molar-refractivity contribution in [1.29, 1.82) is 0 Å². The molecule has 2 nitrogen and oxygen atoms in total. The minimum atomic E-state index is 1.10. The summed E-state index contributed by atoms with van der Waals surface area (Å²) in [5.74, 6) is 0. The van der Waals surface area contributed by atoms with Crippen molar-refractivity contribution < 1.29 is 0 Å². The molecule has 0 radical (unpaired) electrons. The number of hydrogen-bond donors (Lipinski definition) is 0. The average molecular weight is 713 g/mol. The highest BCUT2D eigenvalue weighted by molar-refractivity contribution is 6.20. The maximum atomic E-state index is 2.48. The third kappa shape index (κ3) is 5.26. The Balaban J connectivity index is 1.23. The van der Waals surface area contributed by atoms with Crippen LogP contribution in [0.15, 0.2) is 218 Å². The van der Waals surface area contributed by atoms with Crippen LogP contribution in [-0.2, 0) is 0 Å². The van der Waals surface area contributed by atoms with Gasteiger partial charge in [-0.1, -0.05) is 176 Å². The first-order valence-electron chi connectivity index (χ1n) is 19.3. The molecule has 0 saturated carbocycles. The number of rotatable bonds is 5. The zero-order valence-electron chi connectivity index (χ0n) is 30.7. The molecule has 0 amide bonds. The molecule has 0 saturated heterocycles. The minimum absolute atomic E-state index is 1.10. The fraction of sp³-hybridized carbons (Fsp3) is 0. The molecule has 2 aromatic heterocycles. The van der Waals surface area contributed by atoms with Crippen molar-refractivity contribution in [2.45, 2.75) is 0 Å². The molecule has 0 unspecified atom stereocenters. The molecule has 262 valence electrons. The predicted molar refractivity (Wildman–Crippen MR) is 237 cm³/mol. The van der Waals surface area contributed by atoms with Gasteiger partial charge < -0.3 is 8.97 Å². The summed E-state index contributed by atoms with van der Waals surface area (Å²) in [5.41, 5.74) is 16.5. The van der Waals surface area contributed by atoms with E-state index in [-0.39, 0.29) is 0 Å². The van der Waals surface area contributed by atoms with Crippen LogP contribution in [0.25, 0.3) is 99.3 Å². The van der Waals surface area contributed by atoms with Gasteiger partial charge in [0.15, 0.2) is 0 Å². The van der Waals surface area contributed by atoms with Gasteiger partial charge in [-0.15, -0.1) is 0 Å². The zero-order valence-corrected chi connectivity index (χ0v) is 30.7. The van der Waals surface area contributed by atoms with E-state index in [4.69, 9.17) is 0 Å². The lowest BCUT2D eigenvalue weighted by atomic mass is 9.95. The monoisotopic (exact) mass is 712 g/mol. The van der Waals surface area contributed by atoms with E-state index in [1.165, 1.54) is 66.0 Å². The maximum Gasteiger partial charge on any atom is 0.0703 e. The van der Waals surface area contributed by atoms with Crippen LogP contribution in [-0.4, -0.2) is 8.97 Å². The summed E-state index contributed by atoms with van der Waals surface area (Å²) in [6.45, 7) is 0. The van der Waals surface area contributed by atoms with Crippen molar-refractivity contribution in [3.05, 3.63) is 218 Å². The van der Waals surface area contributed by atoms with Gasteiger partial charge in [-0.05, 0) is 87.0 Å². The first-order chi connectivity index (χ1) is 27.8. The molecule has 0 aliphatic carbocycles. The van der Waals surface area contributed by atoms with Gasteiger partial charge in [-0.25, -0.2) is 0 Å². The quantitative estimate of drug-likeness (QED) is 0.168. The van der Waals surface area contributed by atoms with Crippen LogP contribution in [0.2, 0.25) is 0 Å². The van der Waals surface area contributed by atoms with E-state index in [1.807, 2.05) is 0 Å². The van der Waals surface area contributed by atoms with Crippen LogP contribution < -0.4 is 0 Å². The molecular weight excluding hydrogens is 677 g/mol. The van der Waals surface area contributed by atoms with Gasteiger partial charge in [0.25, 0.3) is 0 Å². The van der Waals surface area contributed by atoms with E-state index in [0.717, 1.165) is 33.4 Å². The normalized spacial score (nSPS) is 11.6. The highest BCUT2D eigenvalue weighted by Gasteiger charge is 2.17. The lowest BCUT2D eigenvalue weighted by Crippen LogP contribution is -2.02. The van der Waals surface area contributed by atoms with Crippen LogP contribution in [0.3, 0.4) is 0 Å². The molecule has 2 heterocycles. The fourth-order valence-corrected chi connectivity index (χ4v) is 8.68. The summed E-state index contributed by atoms with van der Waals surface area (Å²) in [6.07, 6.45) is 0. The van der Waals surface area contributed by atoms with Crippen molar-refractivity contribution >= 4 is 49.1 Å². The summed E-state index contributed by atoms with van der Waals surface area (Å²) in [5, 5.41) is 4.94. The van der Waals surface area contributed by atoms with Gasteiger partial charge in [0, 0.05) is 27.2 Å². The Hall–Kier alpha value is -7.42. The lowest BCUT2D eigenvalue weighted by Gasteiger charge is -2.19. The molecule has 0 aliphatic rings. The fourth-order valence-electron chi connectivity index (χ4n) is 8.68. The average Bonchev–Trinajstić information content (AvgIpc) is 3.61. The van der Waals surface area contributed by atoms with Gasteiger partial charge in [-0.3, -0.25) is 0 Å². The molecular formula is C54H36N2. The molecule has 11 rings (SSSR count). The molecule has 0 bridgehead atoms. The van der Waals surface area contributed by atoms with E-state index in [2.05, 4.69) is 227 Å². The molecule has 0 atom stereocenters. The SMILES string of the molecule is c1ccc(-c2ccc(-c3cc(-c4ccc(-c5ccccc5)cc4)cc(-n4c5ccccc5c5cccc6c7ccccc7n(c7ccccc74)c56)c3)cc2)cc1. The van der Waals surface area contributed by atoms with Gasteiger partial charge in [0.2, 0.25) is 0 Å². The first-order valence-corrected chi connectivity index (χ1v) is 19.3. The van der Waals surface area contributed by atoms with Crippen molar-refractivity contribution in [2.24, 2.45) is 0 Å². The third-order valence-corrected chi connectivity index (χ3v) is 11.3. The van der Waals surface area contributed by atoms with Crippen molar-refractivity contribution in [1.82, 2.24) is 8.97 Å². The number of aromatic nitrogens is 2. The molecule has 0 fully saturated rings. The van der Waals surface area contributed by atoms with E-state index >= 15 is 0 Å². The largest absolute Gasteiger partial charge is 0.308 e. The number of hydrogen-bond acceptors (Lipinski definition) is 0. The van der Waals surface area contributed by atoms with E-state index in [1.54, 1.807) is 0 Å². The molecule has 0 spiro atoms. The van der Waals surface area contributed by atoms with Gasteiger partial charge in [0.1, 0.15) is 0 Å². The summed E-state index contributed by atoms with van der Waals surface area (Å²) in [7, 11) is 0. The number of nitrogens with zero attached hydrogens (tertiary/aromatic N) is 2. The van der Waals surface area contributed by atoms with E-state index in [9.17, 15) is 0 Å². The Bertz CT molecular complexity index is 3160. The molecule has 11 aromatic rings. The Morgan fingerprint density at radius 1 is 0.232 bits per heavy atom. The second-order valence-corrected chi connectivity index (χ2v) is 14.6. The Morgan fingerprint density at radius 3 is 1.14 bits per heavy atom. The number of fused-ring (bicyclic) bond motifs is 7. The highest BCUT2D eigenvalue weighted by atomic mass is 15.0. The van der Waals surface area contributed by atoms with Crippen LogP contribution in [0.5, 0.6) is 0 Å². The Kier molecular flexibility index (Phi) is 7.53. The van der Waals surface area contributed by atoms with Gasteiger partial charge >= 0.3 is 0 Å². The topological polar surface area (TPSA) is 9.34 Å². The lowest BCUT2D eigenvalue weighted by molar-refractivity contribution is 1.16. The smallest absolute Gasteiger partial charge is 0.0703 e. The molecule has 0 aliphatic heterocycles. The molecule has 9 aromatic carbocycles. The van der Waals surface area contributed by atoms with Crippen LogP contribution in [0.4, 0.5) is 0 Å². The van der Waals surface area contributed by atoms with Crippen LogP contribution >= 0.6 is 0 Å². The molecule has 2 heteroatoms. The first kappa shape index (κ1) is 32.0. The van der Waals surface area contributed by atoms with E-state index in [0.29, 0.717) is 0 Å². The van der Waals surface area contributed by atoms with Crippen LogP contribution in [0, 0.1) is 0 Å². The summed E-state index contributed by atoms with van der Waals surface area (Å²) in [4.78, 5) is 0. The standard InChI is InChI=1S/C54H36N2/c1-3-14-37(15-4-1)39-26-30-41(31-27-39)43-34-44(42-32-28-40(29-33-42)38-16-5-2-6-17-38)36-45(35-43)55-50-22-9-7-18-46(50)48-20-13-21-49-47-19-8-10-23-51(47)56(54(48)49)53-25-12-11-24-52(53)55/h1-36H. The molecule has 56 heavy (non-hydrogen) atoms. The van der Waals surface area contributed by atoms with Gasteiger partial charge in [0.05, 0.1) is 27.6 Å². The summed E-state index contributed by atoms with van der Waals surface area (Å²) in [6, 6.07) is 79.6. The summed E-state index contributed by atoms with van der Waals surface area (Å²) < 4.78 is 4.96. The third-order valence-electron chi connectivity index (χ3n) is 11.3. The highest BCUT2D eigenvalue weighted by Crippen LogP contribution is 2.39.